The van der Waals surface area contributed by atoms with Crippen molar-refractivity contribution < 1.29 is 24.1 Å². The van der Waals surface area contributed by atoms with Gasteiger partial charge in [-0.05, 0) is 31.9 Å². The normalized spacial score (nSPS) is 19.9. The summed E-state index contributed by atoms with van der Waals surface area (Å²) in [6, 6.07) is 5.23. The standard InChI is InChI=1S/C23H26O5/c1-12(2)19-10-18-22(28-19)13(3)21(26-5)17-8-14(11-27-23(17)18)16-7-6-15(24)9-20(16)25-4/h6-7,9,14,19,24H,1,8,10-11H2,2-5H3/t14-,19+/m1/s1. The minimum Gasteiger partial charge on any atom is -0.508 e. The van der Waals surface area contributed by atoms with Gasteiger partial charge in [-0.25, -0.2) is 0 Å². The van der Waals surface area contributed by atoms with E-state index in [9.17, 15) is 5.11 Å². The summed E-state index contributed by atoms with van der Waals surface area (Å²) in [6.07, 6.45) is 1.51. The third kappa shape index (κ3) is 2.86. The molecule has 1 N–H and O–H groups in total. The van der Waals surface area contributed by atoms with Crippen molar-refractivity contribution >= 4 is 0 Å². The number of rotatable bonds is 4. The number of ether oxygens (including phenoxy) is 4. The molecule has 0 saturated carbocycles. The molecule has 28 heavy (non-hydrogen) atoms. The van der Waals surface area contributed by atoms with E-state index in [-0.39, 0.29) is 17.8 Å². The number of phenols is 1. The Hall–Kier alpha value is -2.82. The van der Waals surface area contributed by atoms with Gasteiger partial charge < -0.3 is 24.1 Å². The first-order chi connectivity index (χ1) is 13.4. The lowest BCUT2D eigenvalue weighted by Crippen LogP contribution is -2.21. The zero-order chi connectivity index (χ0) is 20.0. The van der Waals surface area contributed by atoms with Crippen LogP contribution >= 0.6 is 0 Å². The van der Waals surface area contributed by atoms with Crippen LogP contribution in [-0.4, -0.2) is 32.0 Å². The topological polar surface area (TPSA) is 57.2 Å². The molecule has 0 radical (unpaired) electrons. The molecule has 0 fully saturated rings. The second-order valence-electron chi connectivity index (χ2n) is 7.57. The van der Waals surface area contributed by atoms with Crippen LogP contribution in [0.5, 0.6) is 28.7 Å². The van der Waals surface area contributed by atoms with Crippen molar-refractivity contribution in [2.24, 2.45) is 0 Å². The summed E-state index contributed by atoms with van der Waals surface area (Å²) >= 11 is 0. The summed E-state index contributed by atoms with van der Waals surface area (Å²) in [7, 11) is 3.30. The van der Waals surface area contributed by atoms with Crippen LogP contribution in [0.3, 0.4) is 0 Å². The van der Waals surface area contributed by atoms with E-state index in [1.165, 1.54) is 0 Å². The first-order valence-corrected chi connectivity index (χ1v) is 9.48. The van der Waals surface area contributed by atoms with Crippen molar-refractivity contribution in [1.82, 2.24) is 0 Å². The van der Waals surface area contributed by atoms with Crippen molar-refractivity contribution in [3.63, 3.8) is 0 Å². The molecule has 0 spiro atoms. The molecule has 0 aromatic heterocycles. The second-order valence-corrected chi connectivity index (χ2v) is 7.57. The molecule has 0 aliphatic carbocycles. The van der Waals surface area contributed by atoms with Crippen LogP contribution in [-0.2, 0) is 12.8 Å². The Kier molecular flexibility index (Phi) is 4.61. The number of fused-ring (bicyclic) bond motifs is 3. The maximum absolute atomic E-state index is 9.77. The molecule has 0 saturated heterocycles. The molecule has 148 valence electrons. The van der Waals surface area contributed by atoms with E-state index >= 15 is 0 Å². The molecule has 0 amide bonds. The summed E-state index contributed by atoms with van der Waals surface area (Å²) in [6.45, 7) is 8.60. The third-order valence-corrected chi connectivity index (χ3v) is 5.72. The van der Waals surface area contributed by atoms with Crippen LogP contribution in [0.15, 0.2) is 30.4 Å². The lowest BCUT2D eigenvalue weighted by atomic mass is 9.86. The molecule has 0 bridgehead atoms. The largest absolute Gasteiger partial charge is 0.508 e. The van der Waals surface area contributed by atoms with Gasteiger partial charge in [-0.15, -0.1) is 0 Å². The maximum Gasteiger partial charge on any atom is 0.133 e. The Bertz CT molecular complexity index is 947. The first kappa shape index (κ1) is 18.5. The van der Waals surface area contributed by atoms with Crippen molar-refractivity contribution in [2.45, 2.75) is 38.7 Å². The van der Waals surface area contributed by atoms with Crippen LogP contribution < -0.4 is 18.9 Å². The van der Waals surface area contributed by atoms with E-state index in [1.807, 2.05) is 19.9 Å². The Labute approximate surface area is 165 Å². The van der Waals surface area contributed by atoms with Crippen LogP contribution in [0, 0.1) is 6.92 Å². The fourth-order valence-electron chi connectivity index (χ4n) is 4.30. The number of hydrogen-bond donors (Lipinski definition) is 1. The van der Waals surface area contributed by atoms with E-state index in [4.69, 9.17) is 18.9 Å². The average Bonchev–Trinajstić information content (AvgIpc) is 3.14. The highest BCUT2D eigenvalue weighted by atomic mass is 16.5. The van der Waals surface area contributed by atoms with Gasteiger partial charge in [0.2, 0.25) is 0 Å². The Balaban J connectivity index is 1.77. The van der Waals surface area contributed by atoms with Gasteiger partial charge in [0, 0.05) is 40.7 Å². The predicted octanol–water partition coefficient (Wildman–Crippen LogP) is 4.32. The van der Waals surface area contributed by atoms with Crippen molar-refractivity contribution in [3.8, 4) is 28.7 Å². The fourth-order valence-corrected chi connectivity index (χ4v) is 4.30. The fraction of sp³-hybridized carbons (Fsp3) is 0.391. The van der Waals surface area contributed by atoms with E-state index < -0.39 is 0 Å². The molecule has 2 aromatic rings. The maximum atomic E-state index is 9.77. The highest BCUT2D eigenvalue weighted by molar-refractivity contribution is 5.65. The number of phenolic OH excluding ortho intramolecular Hbond substituents is 1. The highest BCUT2D eigenvalue weighted by Gasteiger charge is 2.36. The molecule has 2 atom stereocenters. The molecule has 4 rings (SSSR count). The third-order valence-electron chi connectivity index (χ3n) is 5.72. The van der Waals surface area contributed by atoms with Gasteiger partial charge in [0.1, 0.15) is 34.9 Å². The lowest BCUT2D eigenvalue weighted by molar-refractivity contribution is 0.251. The second kappa shape index (κ2) is 6.97. The van der Waals surface area contributed by atoms with Crippen LogP contribution in [0.25, 0.3) is 0 Å². The minimum atomic E-state index is -0.0246. The zero-order valence-corrected chi connectivity index (χ0v) is 16.8. The van der Waals surface area contributed by atoms with Gasteiger partial charge in [0.15, 0.2) is 0 Å². The van der Waals surface area contributed by atoms with Gasteiger partial charge in [0.05, 0.1) is 20.8 Å². The minimum absolute atomic E-state index is 0.0246. The number of benzene rings is 2. The van der Waals surface area contributed by atoms with E-state index in [2.05, 4.69) is 6.58 Å². The predicted molar refractivity (Wildman–Crippen MR) is 107 cm³/mol. The van der Waals surface area contributed by atoms with Gasteiger partial charge in [-0.1, -0.05) is 12.6 Å². The van der Waals surface area contributed by atoms with Crippen LogP contribution in [0.1, 0.15) is 35.1 Å². The molecule has 2 aromatic carbocycles. The van der Waals surface area contributed by atoms with Gasteiger partial charge in [-0.2, -0.15) is 0 Å². The Morgan fingerprint density at radius 1 is 1.14 bits per heavy atom. The summed E-state index contributed by atoms with van der Waals surface area (Å²) in [5.41, 5.74) is 5.20. The number of aromatic hydroxyl groups is 1. The molecular formula is C23H26O5. The van der Waals surface area contributed by atoms with Gasteiger partial charge in [0.25, 0.3) is 0 Å². The Morgan fingerprint density at radius 3 is 2.61 bits per heavy atom. The zero-order valence-electron chi connectivity index (χ0n) is 16.8. The van der Waals surface area contributed by atoms with Gasteiger partial charge >= 0.3 is 0 Å². The summed E-state index contributed by atoms with van der Waals surface area (Å²) in [4.78, 5) is 0. The SMILES string of the molecule is C=C(C)[C@@H]1Cc2c(c(C)c(OC)c3c2OC[C@H](c2ccc(O)cc2OC)C3)O1. The number of methoxy groups -OCH3 is 2. The molecule has 2 aliphatic heterocycles. The molecule has 0 unspecified atom stereocenters. The van der Waals surface area contributed by atoms with Crippen LogP contribution in [0.2, 0.25) is 0 Å². The summed E-state index contributed by atoms with van der Waals surface area (Å²) in [5.74, 6) is 3.53. The van der Waals surface area contributed by atoms with E-state index in [1.54, 1.807) is 26.4 Å². The molecule has 5 nitrogen and oxygen atoms in total. The Morgan fingerprint density at radius 2 is 1.93 bits per heavy atom. The van der Waals surface area contributed by atoms with E-state index in [0.717, 1.165) is 57.9 Å². The first-order valence-electron chi connectivity index (χ1n) is 9.48. The smallest absolute Gasteiger partial charge is 0.133 e. The summed E-state index contributed by atoms with van der Waals surface area (Å²) in [5, 5.41) is 9.77. The quantitative estimate of drug-likeness (QED) is 0.799. The van der Waals surface area contributed by atoms with Crippen molar-refractivity contribution in [2.75, 3.05) is 20.8 Å². The average molecular weight is 382 g/mol. The van der Waals surface area contributed by atoms with Crippen molar-refractivity contribution in [3.05, 3.63) is 52.6 Å². The molecule has 2 heterocycles. The molecular weight excluding hydrogens is 356 g/mol. The van der Waals surface area contributed by atoms with E-state index in [0.29, 0.717) is 12.4 Å². The summed E-state index contributed by atoms with van der Waals surface area (Å²) < 4.78 is 23.7. The molecule has 2 aliphatic rings. The molecule has 5 heteroatoms. The highest BCUT2D eigenvalue weighted by Crippen LogP contribution is 2.51. The van der Waals surface area contributed by atoms with Crippen molar-refractivity contribution in [1.29, 1.82) is 0 Å². The van der Waals surface area contributed by atoms with Gasteiger partial charge in [-0.3, -0.25) is 0 Å². The monoisotopic (exact) mass is 382 g/mol. The number of hydrogen-bond acceptors (Lipinski definition) is 5. The lowest BCUT2D eigenvalue weighted by Gasteiger charge is -2.30. The van der Waals surface area contributed by atoms with Crippen LogP contribution in [0.4, 0.5) is 0 Å².